The van der Waals surface area contributed by atoms with Crippen molar-refractivity contribution in [2.45, 2.75) is 13.3 Å². The van der Waals surface area contributed by atoms with E-state index in [0.717, 1.165) is 6.07 Å². The highest BCUT2D eigenvalue weighted by Gasteiger charge is 2.14. The number of carboxylic acid groups (broad SMARTS) is 1. The third-order valence-electron chi connectivity index (χ3n) is 1.98. The number of aliphatic carboxylic acids is 1. The first-order valence-corrected chi connectivity index (χ1v) is 4.44. The van der Waals surface area contributed by atoms with E-state index in [9.17, 15) is 13.6 Å². The van der Waals surface area contributed by atoms with Gasteiger partial charge < -0.3 is 5.11 Å². The van der Waals surface area contributed by atoms with E-state index in [-0.39, 0.29) is 17.6 Å². The Bertz CT molecular complexity index is 411. The minimum Gasteiger partial charge on any atom is -0.476 e. The number of rotatable bonds is 3. The second-order valence-electron chi connectivity index (χ2n) is 2.96. The van der Waals surface area contributed by atoms with Crippen molar-refractivity contribution in [3.05, 3.63) is 41.5 Å². The second-order valence-corrected chi connectivity index (χ2v) is 2.96. The van der Waals surface area contributed by atoms with Crippen LogP contribution < -0.4 is 0 Å². The summed E-state index contributed by atoms with van der Waals surface area (Å²) in [6, 6.07) is 5.22. The van der Waals surface area contributed by atoms with Crippen LogP contribution in [-0.2, 0) is 4.79 Å². The van der Waals surface area contributed by atoms with E-state index >= 15 is 0 Å². The van der Waals surface area contributed by atoms with Crippen molar-refractivity contribution in [2.75, 3.05) is 0 Å². The molecule has 0 amide bonds. The van der Waals surface area contributed by atoms with Gasteiger partial charge in [0.1, 0.15) is 5.82 Å². The summed E-state index contributed by atoms with van der Waals surface area (Å²) >= 11 is 0. The third-order valence-corrected chi connectivity index (χ3v) is 1.98. The average molecular weight is 212 g/mol. The molecular weight excluding hydrogens is 202 g/mol. The third kappa shape index (κ3) is 2.62. The monoisotopic (exact) mass is 212 g/mol. The molecule has 0 aliphatic carbocycles. The molecule has 0 unspecified atom stereocenters. The predicted octanol–water partition coefficient (Wildman–Crippen LogP) is 3.00. The highest BCUT2D eigenvalue weighted by atomic mass is 19.1. The summed E-state index contributed by atoms with van der Waals surface area (Å²) in [6.07, 6.45) is 0.196. The zero-order valence-corrected chi connectivity index (χ0v) is 8.13. The summed E-state index contributed by atoms with van der Waals surface area (Å²) in [5.41, 5.74) is 0.263. The minimum atomic E-state index is -1.63. The summed E-state index contributed by atoms with van der Waals surface area (Å²) in [6.45, 7) is 1.61. The van der Waals surface area contributed by atoms with Crippen LogP contribution in [0.3, 0.4) is 0 Å². The van der Waals surface area contributed by atoms with E-state index in [1.54, 1.807) is 6.92 Å². The topological polar surface area (TPSA) is 37.3 Å². The van der Waals surface area contributed by atoms with Crippen LogP contribution in [0.2, 0.25) is 0 Å². The van der Waals surface area contributed by atoms with Crippen LogP contribution in [0.1, 0.15) is 18.9 Å². The smallest absolute Gasteiger partial charge is 0.365 e. The fourth-order valence-electron chi connectivity index (χ4n) is 1.29. The van der Waals surface area contributed by atoms with Crippen LogP contribution in [-0.4, -0.2) is 11.1 Å². The summed E-state index contributed by atoms with van der Waals surface area (Å²) in [7, 11) is 0. The fourth-order valence-corrected chi connectivity index (χ4v) is 1.29. The van der Waals surface area contributed by atoms with Crippen LogP contribution in [0.15, 0.2) is 30.1 Å². The standard InChI is InChI=1S/C11H10F2O2/c1-2-9(10(13)11(14)15)7-4-3-5-8(12)6-7/h3-6H,2H2,1H3,(H,14,15)/b10-9-. The molecule has 0 heterocycles. The molecule has 80 valence electrons. The van der Waals surface area contributed by atoms with Gasteiger partial charge in [0.2, 0.25) is 5.83 Å². The van der Waals surface area contributed by atoms with Gasteiger partial charge in [0.25, 0.3) is 0 Å². The van der Waals surface area contributed by atoms with Gasteiger partial charge in [-0.15, -0.1) is 0 Å². The molecule has 1 N–H and O–H groups in total. The van der Waals surface area contributed by atoms with Gasteiger partial charge in [-0.25, -0.2) is 9.18 Å². The highest BCUT2D eigenvalue weighted by molar-refractivity contribution is 5.93. The van der Waals surface area contributed by atoms with E-state index in [1.165, 1.54) is 18.2 Å². The summed E-state index contributed by atoms with van der Waals surface area (Å²) in [5, 5.41) is 8.49. The number of halogens is 2. The Morgan fingerprint density at radius 3 is 2.60 bits per heavy atom. The number of carboxylic acids is 1. The molecule has 1 aromatic rings. The SMILES string of the molecule is CC/C(=C(/F)C(=O)O)c1cccc(F)c1. The minimum absolute atomic E-state index is 0.00185. The molecule has 0 saturated heterocycles. The molecule has 0 bridgehead atoms. The van der Waals surface area contributed by atoms with Crippen molar-refractivity contribution >= 4 is 11.5 Å². The van der Waals surface area contributed by atoms with Gasteiger partial charge in [-0.2, -0.15) is 4.39 Å². The molecule has 15 heavy (non-hydrogen) atoms. The Kier molecular flexibility index (Phi) is 3.55. The lowest BCUT2D eigenvalue weighted by Crippen LogP contribution is -1.99. The molecule has 0 saturated carbocycles. The van der Waals surface area contributed by atoms with Crippen LogP contribution in [0.4, 0.5) is 8.78 Å². The van der Waals surface area contributed by atoms with E-state index in [4.69, 9.17) is 5.11 Å². The van der Waals surface area contributed by atoms with E-state index in [2.05, 4.69) is 0 Å². The van der Waals surface area contributed by atoms with Crippen molar-refractivity contribution in [2.24, 2.45) is 0 Å². The Morgan fingerprint density at radius 2 is 2.13 bits per heavy atom. The van der Waals surface area contributed by atoms with Crippen molar-refractivity contribution < 1.29 is 18.7 Å². The van der Waals surface area contributed by atoms with Crippen molar-refractivity contribution in [1.82, 2.24) is 0 Å². The summed E-state index contributed by atoms with van der Waals surface area (Å²) in [5.74, 6) is -3.38. The maximum absolute atomic E-state index is 13.2. The molecule has 0 aliphatic rings. The van der Waals surface area contributed by atoms with Crippen LogP contribution in [0.25, 0.3) is 5.57 Å². The molecule has 0 radical (unpaired) electrons. The number of hydrogen-bond donors (Lipinski definition) is 1. The number of hydrogen-bond acceptors (Lipinski definition) is 1. The fraction of sp³-hybridized carbons (Fsp3) is 0.182. The molecule has 0 atom stereocenters. The van der Waals surface area contributed by atoms with E-state index < -0.39 is 17.6 Å². The first kappa shape index (κ1) is 11.4. The Labute approximate surface area is 85.9 Å². The highest BCUT2D eigenvalue weighted by Crippen LogP contribution is 2.23. The van der Waals surface area contributed by atoms with Crippen LogP contribution >= 0.6 is 0 Å². The van der Waals surface area contributed by atoms with Gasteiger partial charge in [0, 0.05) is 5.57 Å². The number of benzene rings is 1. The lowest BCUT2D eigenvalue weighted by Gasteiger charge is -2.05. The average Bonchev–Trinajstić information content (AvgIpc) is 2.18. The molecule has 2 nitrogen and oxygen atoms in total. The van der Waals surface area contributed by atoms with Gasteiger partial charge in [0.05, 0.1) is 0 Å². The zero-order valence-electron chi connectivity index (χ0n) is 8.13. The Hall–Kier alpha value is -1.71. The molecular formula is C11H10F2O2. The maximum Gasteiger partial charge on any atom is 0.365 e. The number of allylic oxidation sites excluding steroid dienone is 1. The van der Waals surface area contributed by atoms with Crippen molar-refractivity contribution in [1.29, 1.82) is 0 Å². The van der Waals surface area contributed by atoms with Crippen LogP contribution in [0.5, 0.6) is 0 Å². The van der Waals surface area contributed by atoms with Crippen molar-refractivity contribution in [3.63, 3.8) is 0 Å². The predicted molar refractivity (Wildman–Crippen MR) is 52.4 cm³/mol. The van der Waals surface area contributed by atoms with Gasteiger partial charge in [-0.3, -0.25) is 0 Å². The van der Waals surface area contributed by atoms with Gasteiger partial charge in [-0.05, 0) is 24.1 Å². The molecule has 0 fully saturated rings. The van der Waals surface area contributed by atoms with Gasteiger partial charge in [0.15, 0.2) is 0 Å². The first-order chi connectivity index (χ1) is 7.06. The summed E-state index contributed by atoms with van der Waals surface area (Å²) in [4.78, 5) is 10.4. The molecule has 4 heteroatoms. The normalized spacial score (nSPS) is 12.2. The van der Waals surface area contributed by atoms with Crippen LogP contribution in [0, 0.1) is 5.82 Å². The molecule has 0 aromatic heterocycles. The Balaban J connectivity index is 3.24. The lowest BCUT2D eigenvalue weighted by atomic mass is 10.0. The molecule has 1 aromatic carbocycles. The zero-order chi connectivity index (χ0) is 11.4. The first-order valence-electron chi connectivity index (χ1n) is 4.44. The molecule has 0 spiro atoms. The Morgan fingerprint density at radius 1 is 1.47 bits per heavy atom. The lowest BCUT2D eigenvalue weighted by molar-refractivity contribution is -0.134. The molecule has 0 aliphatic heterocycles. The van der Waals surface area contributed by atoms with Gasteiger partial charge >= 0.3 is 5.97 Å². The maximum atomic E-state index is 13.2. The summed E-state index contributed by atoms with van der Waals surface area (Å²) < 4.78 is 26.0. The number of carbonyl (C=O) groups is 1. The van der Waals surface area contributed by atoms with Crippen molar-refractivity contribution in [3.8, 4) is 0 Å². The quantitative estimate of drug-likeness (QED) is 0.782. The molecule has 1 rings (SSSR count). The van der Waals surface area contributed by atoms with E-state index in [1.807, 2.05) is 0 Å². The van der Waals surface area contributed by atoms with E-state index in [0.29, 0.717) is 0 Å². The largest absolute Gasteiger partial charge is 0.476 e. The van der Waals surface area contributed by atoms with Gasteiger partial charge in [-0.1, -0.05) is 19.1 Å². The second kappa shape index (κ2) is 4.68.